The van der Waals surface area contributed by atoms with Gasteiger partial charge in [0.05, 0.1) is 30.5 Å². The molecule has 1 amide bonds. The summed E-state index contributed by atoms with van der Waals surface area (Å²) in [4.78, 5) is 28.0. The van der Waals surface area contributed by atoms with Crippen molar-refractivity contribution in [3.8, 4) is 22.1 Å². The van der Waals surface area contributed by atoms with Crippen LogP contribution in [0.2, 0.25) is 0 Å². The number of aromatic nitrogens is 1. The van der Waals surface area contributed by atoms with Gasteiger partial charge in [0.2, 0.25) is 5.91 Å². The highest BCUT2D eigenvalue weighted by atomic mass is 32.1. The first-order valence-electron chi connectivity index (χ1n) is 7.57. The molecule has 0 radical (unpaired) electrons. The average Bonchev–Trinajstić information content (AvgIpc) is 2.93. The zero-order chi connectivity index (χ0) is 17.7. The standard InChI is InChI=1S/C17H20N2O4S/c1-4-23-15-12(22-3)8-7-11(16(18)21)14(15)17-19-10(2)13(24-17)6-5-9-20/h7-9H,4-6H2,1-3H3,(H2,18,21). The first kappa shape index (κ1) is 17.9. The molecule has 24 heavy (non-hydrogen) atoms. The Hall–Kier alpha value is -2.41. The number of rotatable bonds is 8. The molecule has 0 fully saturated rings. The van der Waals surface area contributed by atoms with Crippen LogP contribution in [-0.4, -0.2) is 30.9 Å². The van der Waals surface area contributed by atoms with Crippen molar-refractivity contribution < 1.29 is 19.1 Å². The highest BCUT2D eigenvalue weighted by molar-refractivity contribution is 7.15. The number of benzene rings is 1. The molecule has 0 saturated carbocycles. The van der Waals surface area contributed by atoms with Gasteiger partial charge >= 0.3 is 0 Å². The molecule has 7 heteroatoms. The summed E-state index contributed by atoms with van der Waals surface area (Å²) in [7, 11) is 1.54. The lowest BCUT2D eigenvalue weighted by Gasteiger charge is -2.15. The van der Waals surface area contributed by atoms with Crippen LogP contribution in [0.4, 0.5) is 0 Å². The highest BCUT2D eigenvalue weighted by Gasteiger charge is 2.23. The maximum atomic E-state index is 11.9. The van der Waals surface area contributed by atoms with Crippen molar-refractivity contribution >= 4 is 23.5 Å². The van der Waals surface area contributed by atoms with Gasteiger partial charge < -0.3 is 20.0 Å². The Kier molecular flexibility index (Phi) is 5.92. The molecule has 1 aromatic heterocycles. The van der Waals surface area contributed by atoms with E-state index in [9.17, 15) is 9.59 Å². The molecule has 0 bridgehead atoms. The van der Waals surface area contributed by atoms with Crippen molar-refractivity contribution in [2.45, 2.75) is 26.7 Å². The fourth-order valence-corrected chi connectivity index (χ4v) is 3.52. The number of methoxy groups -OCH3 is 1. The molecular formula is C17H20N2O4S. The van der Waals surface area contributed by atoms with Crippen molar-refractivity contribution in [2.75, 3.05) is 13.7 Å². The second-order valence-corrected chi connectivity index (χ2v) is 6.13. The number of hydrogen-bond donors (Lipinski definition) is 1. The summed E-state index contributed by atoms with van der Waals surface area (Å²) in [6.07, 6.45) is 1.93. The third-order valence-corrected chi connectivity index (χ3v) is 4.73. The van der Waals surface area contributed by atoms with Crippen molar-refractivity contribution in [3.63, 3.8) is 0 Å². The van der Waals surface area contributed by atoms with Gasteiger partial charge in [0, 0.05) is 11.3 Å². The van der Waals surface area contributed by atoms with E-state index in [0.29, 0.717) is 47.1 Å². The Morgan fingerprint density at radius 2 is 2.17 bits per heavy atom. The smallest absolute Gasteiger partial charge is 0.249 e. The summed E-state index contributed by atoms with van der Waals surface area (Å²) in [6, 6.07) is 3.27. The summed E-state index contributed by atoms with van der Waals surface area (Å²) in [5.74, 6) is 0.405. The largest absolute Gasteiger partial charge is 0.493 e. The molecule has 0 aliphatic rings. The lowest BCUT2D eigenvalue weighted by molar-refractivity contribution is -0.107. The fourth-order valence-electron chi connectivity index (χ4n) is 2.39. The summed E-state index contributed by atoms with van der Waals surface area (Å²) >= 11 is 1.43. The van der Waals surface area contributed by atoms with Gasteiger partial charge in [-0.2, -0.15) is 0 Å². The molecule has 0 spiro atoms. The Morgan fingerprint density at radius 1 is 1.42 bits per heavy atom. The van der Waals surface area contributed by atoms with Gasteiger partial charge in [-0.3, -0.25) is 4.79 Å². The van der Waals surface area contributed by atoms with E-state index in [0.717, 1.165) is 16.9 Å². The minimum Gasteiger partial charge on any atom is -0.493 e. The number of amides is 1. The molecule has 0 aliphatic carbocycles. The van der Waals surface area contributed by atoms with E-state index in [2.05, 4.69) is 4.98 Å². The minimum atomic E-state index is -0.559. The average molecular weight is 348 g/mol. The summed E-state index contributed by atoms with van der Waals surface area (Å²) in [5.41, 5.74) is 7.22. The second kappa shape index (κ2) is 7.92. The molecule has 1 aromatic carbocycles. The summed E-state index contributed by atoms with van der Waals surface area (Å²) < 4.78 is 11.1. The monoisotopic (exact) mass is 348 g/mol. The van der Waals surface area contributed by atoms with Gasteiger partial charge in [-0.25, -0.2) is 4.98 Å². The molecule has 2 rings (SSSR count). The lowest BCUT2D eigenvalue weighted by atomic mass is 10.1. The molecule has 0 unspecified atom stereocenters. The number of aldehydes is 1. The Balaban J connectivity index is 2.66. The molecule has 1 heterocycles. The predicted molar refractivity (Wildman–Crippen MR) is 92.9 cm³/mol. The second-order valence-electron chi connectivity index (χ2n) is 5.05. The Bertz CT molecular complexity index is 755. The molecule has 0 saturated heterocycles. The summed E-state index contributed by atoms with van der Waals surface area (Å²) in [5, 5.41) is 0.629. The molecular weight excluding hydrogens is 328 g/mol. The molecule has 128 valence electrons. The van der Waals surface area contributed by atoms with E-state index in [1.807, 2.05) is 13.8 Å². The van der Waals surface area contributed by atoms with E-state index in [1.165, 1.54) is 18.4 Å². The van der Waals surface area contributed by atoms with Crippen LogP contribution in [0, 0.1) is 6.92 Å². The van der Waals surface area contributed by atoms with Crippen LogP contribution in [0.3, 0.4) is 0 Å². The van der Waals surface area contributed by atoms with E-state index in [4.69, 9.17) is 15.2 Å². The maximum Gasteiger partial charge on any atom is 0.249 e. The van der Waals surface area contributed by atoms with E-state index in [1.54, 1.807) is 12.1 Å². The minimum absolute atomic E-state index is 0.329. The van der Waals surface area contributed by atoms with E-state index in [-0.39, 0.29) is 0 Å². The van der Waals surface area contributed by atoms with Gasteiger partial charge in [-0.05, 0) is 32.4 Å². The van der Waals surface area contributed by atoms with Crippen LogP contribution in [0.15, 0.2) is 12.1 Å². The number of hydrogen-bond acceptors (Lipinski definition) is 6. The van der Waals surface area contributed by atoms with Crippen LogP contribution >= 0.6 is 11.3 Å². The number of ether oxygens (including phenoxy) is 2. The van der Waals surface area contributed by atoms with Gasteiger partial charge in [0.15, 0.2) is 11.5 Å². The zero-order valence-corrected chi connectivity index (χ0v) is 14.7. The van der Waals surface area contributed by atoms with Gasteiger partial charge in [0.25, 0.3) is 0 Å². The van der Waals surface area contributed by atoms with E-state index < -0.39 is 5.91 Å². The zero-order valence-electron chi connectivity index (χ0n) is 13.9. The highest BCUT2D eigenvalue weighted by Crippen LogP contribution is 2.43. The van der Waals surface area contributed by atoms with Crippen LogP contribution in [0.25, 0.3) is 10.6 Å². The Labute approximate surface area is 144 Å². The fraction of sp³-hybridized carbons (Fsp3) is 0.353. The van der Waals surface area contributed by atoms with Crippen molar-refractivity contribution in [3.05, 3.63) is 28.3 Å². The first-order valence-corrected chi connectivity index (χ1v) is 8.39. The predicted octanol–water partition coefficient (Wildman–Crippen LogP) is 2.76. The van der Waals surface area contributed by atoms with Gasteiger partial charge in [0.1, 0.15) is 11.3 Å². The van der Waals surface area contributed by atoms with Crippen LogP contribution < -0.4 is 15.2 Å². The molecule has 2 N–H and O–H groups in total. The number of primary amides is 1. The molecule has 0 aliphatic heterocycles. The van der Waals surface area contributed by atoms with Gasteiger partial charge in [-0.15, -0.1) is 11.3 Å². The number of nitrogens with zero attached hydrogens (tertiary/aromatic N) is 1. The van der Waals surface area contributed by atoms with Gasteiger partial charge in [-0.1, -0.05) is 0 Å². The number of thiazole rings is 1. The first-order chi connectivity index (χ1) is 11.5. The lowest BCUT2D eigenvalue weighted by Crippen LogP contribution is -2.13. The molecule has 0 atom stereocenters. The number of aryl methyl sites for hydroxylation is 2. The van der Waals surface area contributed by atoms with Crippen molar-refractivity contribution in [2.24, 2.45) is 5.73 Å². The van der Waals surface area contributed by atoms with Crippen molar-refractivity contribution in [1.82, 2.24) is 4.98 Å². The number of carbonyl (C=O) groups is 2. The maximum absolute atomic E-state index is 11.9. The summed E-state index contributed by atoms with van der Waals surface area (Å²) in [6.45, 7) is 4.14. The Morgan fingerprint density at radius 3 is 2.75 bits per heavy atom. The third kappa shape index (κ3) is 3.56. The molecule has 2 aromatic rings. The van der Waals surface area contributed by atoms with Crippen LogP contribution in [-0.2, 0) is 11.2 Å². The van der Waals surface area contributed by atoms with Crippen LogP contribution in [0.1, 0.15) is 34.3 Å². The topological polar surface area (TPSA) is 91.5 Å². The number of carbonyl (C=O) groups excluding carboxylic acids is 2. The SMILES string of the molecule is CCOc1c(OC)ccc(C(N)=O)c1-c1nc(C)c(CCC=O)s1. The third-order valence-electron chi connectivity index (χ3n) is 3.49. The number of nitrogens with two attached hydrogens (primary N) is 1. The van der Waals surface area contributed by atoms with Crippen molar-refractivity contribution in [1.29, 1.82) is 0 Å². The quantitative estimate of drug-likeness (QED) is 0.741. The van der Waals surface area contributed by atoms with Crippen LogP contribution in [0.5, 0.6) is 11.5 Å². The normalized spacial score (nSPS) is 10.5. The van der Waals surface area contributed by atoms with E-state index >= 15 is 0 Å². The molecule has 6 nitrogen and oxygen atoms in total.